The van der Waals surface area contributed by atoms with Crippen LogP contribution in [-0.4, -0.2) is 19.1 Å². The quantitative estimate of drug-likeness (QED) is 0.886. The van der Waals surface area contributed by atoms with Crippen LogP contribution < -0.4 is 15.8 Å². The van der Waals surface area contributed by atoms with Crippen LogP contribution in [-0.2, 0) is 4.79 Å². The smallest absolute Gasteiger partial charge is 0.228 e. The van der Waals surface area contributed by atoms with Crippen LogP contribution in [0.2, 0.25) is 0 Å². The molecule has 2 atom stereocenters. The number of nitrogens with one attached hydrogen (secondary N) is 1. The van der Waals surface area contributed by atoms with Crippen LogP contribution in [0, 0.1) is 11.7 Å². The number of carbonyl (C=O) groups excluding carboxylic acids is 1. The van der Waals surface area contributed by atoms with Gasteiger partial charge in [0, 0.05) is 12.1 Å². The van der Waals surface area contributed by atoms with Crippen LogP contribution in [0.5, 0.6) is 5.75 Å². The second kappa shape index (κ2) is 7.18. The minimum absolute atomic E-state index is 0. The summed E-state index contributed by atoms with van der Waals surface area (Å²) in [4.78, 5) is 11.7. The molecule has 18 heavy (non-hydrogen) atoms. The number of ether oxygens (including phenoxy) is 1. The highest BCUT2D eigenvalue weighted by atomic mass is 35.5. The van der Waals surface area contributed by atoms with Crippen molar-refractivity contribution in [1.82, 2.24) is 0 Å². The van der Waals surface area contributed by atoms with E-state index < -0.39 is 5.82 Å². The largest absolute Gasteiger partial charge is 0.497 e. The fourth-order valence-electron chi connectivity index (χ4n) is 1.21. The maximum Gasteiger partial charge on any atom is 0.228 e. The summed E-state index contributed by atoms with van der Waals surface area (Å²) in [6.07, 6.45) is 0. The summed E-state index contributed by atoms with van der Waals surface area (Å²) < 4.78 is 18.4. The minimum atomic E-state index is -0.504. The number of amides is 1. The molecular weight excluding hydrogens is 259 g/mol. The molecule has 1 amide bonds. The SMILES string of the molecule is COc1ccc(F)c(NC(=O)C(C)C(C)N)c1.Cl. The van der Waals surface area contributed by atoms with E-state index in [1.807, 2.05) is 0 Å². The number of nitrogens with two attached hydrogens (primary N) is 1. The summed E-state index contributed by atoms with van der Waals surface area (Å²) in [6, 6.07) is 3.87. The molecule has 6 heteroatoms. The fraction of sp³-hybridized carbons (Fsp3) is 0.417. The average molecular weight is 277 g/mol. The third-order valence-electron chi connectivity index (χ3n) is 2.63. The first-order valence-corrected chi connectivity index (χ1v) is 5.35. The topological polar surface area (TPSA) is 64.3 Å². The predicted octanol–water partition coefficient (Wildman–Crippen LogP) is 2.18. The van der Waals surface area contributed by atoms with Gasteiger partial charge in [0.15, 0.2) is 0 Å². The van der Waals surface area contributed by atoms with E-state index in [0.717, 1.165) is 0 Å². The Kier molecular flexibility index (Phi) is 6.65. The third kappa shape index (κ3) is 4.16. The van der Waals surface area contributed by atoms with Gasteiger partial charge in [-0.3, -0.25) is 4.79 Å². The maximum absolute atomic E-state index is 13.4. The second-order valence-electron chi connectivity index (χ2n) is 3.98. The molecule has 0 aliphatic rings. The number of hydrogen-bond acceptors (Lipinski definition) is 3. The van der Waals surface area contributed by atoms with Gasteiger partial charge in [0.1, 0.15) is 11.6 Å². The van der Waals surface area contributed by atoms with Gasteiger partial charge in [0.25, 0.3) is 0 Å². The molecule has 1 aromatic rings. The molecule has 0 aromatic heterocycles. The highest BCUT2D eigenvalue weighted by Gasteiger charge is 2.18. The van der Waals surface area contributed by atoms with Gasteiger partial charge in [0.2, 0.25) is 5.91 Å². The molecular formula is C12H18ClFN2O2. The van der Waals surface area contributed by atoms with Crippen molar-refractivity contribution in [2.45, 2.75) is 19.9 Å². The number of hydrogen-bond donors (Lipinski definition) is 2. The van der Waals surface area contributed by atoms with E-state index in [0.29, 0.717) is 5.75 Å². The molecule has 4 nitrogen and oxygen atoms in total. The monoisotopic (exact) mass is 276 g/mol. The van der Waals surface area contributed by atoms with Crippen molar-refractivity contribution < 1.29 is 13.9 Å². The molecule has 0 saturated carbocycles. The zero-order chi connectivity index (χ0) is 13.0. The van der Waals surface area contributed by atoms with Gasteiger partial charge in [-0.25, -0.2) is 4.39 Å². The first kappa shape index (κ1) is 16.7. The summed E-state index contributed by atoms with van der Waals surface area (Å²) >= 11 is 0. The Hall–Kier alpha value is -1.33. The van der Waals surface area contributed by atoms with Crippen LogP contribution in [0.4, 0.5) is 10.1 Å². The Morgan fingerprint density at radius 3 is 2.56 bits per heavy atom. The first-order chi connectivity index (χ1) is 7.95. The molecule has 0 aliphatic carbocycles. The van der Waals surface area contributed by atoms with Crippen LogP contribution in [0.1, 0.15) is 13.8 Å². The summed E-state index contributed by atoms with van der Waals surface area (Å²) in [6.45, 7) is 3.42. The summed E-state index contributed by atoms with van der Waals surface area (Å²) in [5.74, 6) is -0.723. The second-order valence-corrected chi connectivity index (χ2v) is 3.98. The fourth-order valence-corrected chi connectivity index (χ4v) is 1.21. The van der Waals surface area contributed by atoms with Gasteiger partial charge in [-0.2, -0.15) is 0 Å². The molecule has 0 bridgehead atoms. The molecule has 1 aromatic carbocycles. The molecule has 0 spiro atoms. The lowest BCUT2D eigenvalue weighted by Gasteiger charge is -2.16. The number of rotatable bonds is 4. The van der Waals surface area contributed by atoms with Crippen LogP contribution in [0.3, 0.4) is 0 Å². The minimum Gasteiger partial charge on any atom is -0.497 e. The lowest BCUT2D eigenvalue weighted by atomic mass is 10.0. The van der Waals surface area contributed by atoms with Gasteiger partial charge in [-0.15, -0.1) is 12.4 Å². The lowest BCUT2D eigenvalue weighted by Crippen LogP contribution is -2.34. The van der Waals surface area contributed by atoms with Gasteiger partial charge >= 0.3 is 0 Å². The molecule has 0 fully saturated rings. The zero-order valence-corrected chi connectivity index (χ0v) is 11.4. The van der Waals surface area contributed by atoms with E-state index in [1.54, 1.807) is 13.8 Å². The van der Waals surface area contributed by atoms with E-state index in [4.69, 9.17) is 10.5 Å². The van der Waals surface area contributed by atoms with Gasteiger partial charge < -0.3 is 15.8 Å². The van der Waals surface area contributed by atoms with Gasteiger partial charge in [-0.1, -0.05) is 6.92 Å². The third-order valence-corrected chi connectivity index (χ3v) is 2.63. The van der Waals surface area contributed by atoms with E-state index in [2.05, 4.69) is 5.32 Å². The lowest BCUT2D eigenvalue weighted by molar-refractivity contribution is -0.119. The molecule has 3 N–H and O–H groups in total. The first-order valence-electron chi connectivity index (χ1n) is 5.35. The number of benzene rings is 1. The van der Waals surface area contributed by atoms with Crippen molar-refractivity contribution in [3.8, 4) is 5.75 Å². The molecule has 0 saturated heterocycles. The average Bonchev–Trinajstić information content (AvgIpc) is 2.30. The van der Waals surface area contributed by atoms with E-state index in [9.17, 15) is 9.18 Å². The van der Waals surface area contributed by atoms with Crippen LogP contribution >= 0.6 is 12.4 Å². The summed E-state index contributed by atoms with van der Waals surface area (Å²) in [7, 11) is 1.48. The standard InChI is InChI=1S/C12H17FN2O2.ClH/c1-7(8(2)14)12(16)15-11-6-9(17-3)4-5-10(11)13;/h4-8H,14H2,1-3H3,(H,15,16);1H. The molecule has 0 aliphatic heterocycles. The van der Waals surface area contributed by atoms with Crippen molar-refractivity contribution in [3.05, 3.63) is 24.0 Å². The number of methoxy groups -OCH3 is 1. The number of carbonyl (C=O) groups is 1. The van der Waals surface area contributed by atoms with E-state index >= 15 is 0 Å². The Morgan fingerprint density at radius 2 is 2.06 bits per heavy atom. The molecule has 2 unspecified atom stereocenters. The zero-order valence-electron chi connectivity index (χ0n) is 10.6. The maximum atomic E-state index is 13.4. The molecule has 0 radical (unpaired) electrons. The van der Waals surface area contributed by atoms with Crippen LogP contribution in [0.15, 0.2) is 18.2 Å². The molecule has 102 valence electrons. The van der Waals surface area contributed by atoms with Crippen molar-refractivity contribution in [2.24, 2.45) is 11.7 Å². The Bertz CT molecular complexity index is 413. The van der Waals surface area contributed by atoms with Crippen molar-refractivity contribution in [3.63, 3.8) is 0 Å². The number of anilines is 1. The van der Waals surface area contributed by atoms with E-state index in [1.165, 1.54) is 25.3 Å². The highest BCUT2D eigenvalue weighted by molar-refractivity contribution is 5.93. The summed E-state index contributed by atoms with van der Waals surface area (Å²) in [5, 5.41) is 2.49. The Labute approximate surface area is 112 Å². The van der Waals surface area contributed by atoms with E-state index in [-0.39, 0.29) is 36.0 Å². The van der Waals surface area contributed by atoms with Crippen molar-refractivity contribution in [2.75, 3.05) is 12.4 Å². The van der Waals surface area contributed by atoms with Gasteiger partial charge in [0.05, 0.1) is 18.7 Å². The number of halogens is 2. The molecule has 1 rings (SSSR count). The molecule has 0 heterocycles. The Morgan fingerprint density at radius 1 is 1.44 bits per heavy atom. The van der Waals surface area contributed by atoms with Crippen LogP contribution in [0.25, 0.3) is 0 Å². The highest BCUT2D eigenvalue weighted by Crippen LogP contribution is 2.21. The Balaban J connectivity index is 0.00000289. The summed E-state index contributed by atoms with van der Waals surface area (Å²) in [5.41, 5.74) is 5.70. The predicted molar refractivity (Wildman–Crippen MR) is 71.6 cm³/mol. The normalized spacial score (nSPS) is 13.2. The van der Waals surface area contributed by atoms with Crippen molar-refractivity contribution in [1.29, 1.82) is 0 Å². The van der Waals surface area contributed by atoms with Crippen molar-refractivity contribution >= 4 is 24.0 Å². The van der Waals surface area contributed by atoms with Gasteiger partial charge in [-0.05, 0) is 19.1 Å².